The number of anilines is 3. The normalized spacial score (nSPS) is 11.0. The average molecular weight is 389 g/mol. The van der Waals surface area contributed by atoms with Gasteiger partial charge in [-0.25, -0.2) is 4.98 Å². The molecule has 6 nitrogen and oxygen atoms in total. The van der Waals surface area contributed by atoms with Crippen molar-refractivity contribution in [2.75, 3.05) is 10.6 Å². The van der Waals surface area contributed by atoms with Crippen LogP contribution in [0.4, 0.5) is 21.6 Å². The lowest BCUT2D eigenvalue weighted by molar-refractivity contribution is 0.102. The molecule has 0 aliphatic rings. The van der Waals surface area contributed by atoms with E-state index in [4.69, 9.17) is 0 Å². The van der Waals surface area contributed by atoms with E-state index in [2.05, 4.69) is 39.7 Å². The minimum atomic E-state index is -0.673. The summed E-state index contributed by atoms with van der Waals surface area (Å²) in [5, 5.41) is 13.7. The molecule has 0 spiro atoms. The molecule has 1 amide bonds. The number of hydrogen-bond acceptors (Lipinski definition) is 4. The van der Waals surface area contributed by atoms with Gasteiger partial charge in [-0.05, 0) is 53.9 Å². The zero-order valence-electron chi connectivity index (χ0n) is 16.0. The summed E-state index contributed by atoms with van der Waals surface area (Å²) < 4.78 is 13.8. The standard InChI is InChI=1S/C22H20FN5O/c1-13(2)14-3-6-16(7-4-14)26-22(29)18-9-10-20(23)27-21(18)25-17-8-5-15-12-24-28-19(15)11-17/h3-13H,1-2H3,(H,24,28)(H,25,27)(H,26,29). The number of carbonyl (C=O) groups is 1. The van der Waals surface area contributed by atoms with E-state index in [1.54, 1.807) is 6.20 Å². The smallest absolute Gasteiger partial charge is 0.259 e. The Balaban J connectivity index is 1.59. The molecule has 0 fully saturated rings. The molecule has 2 aromatic heterocycles. The van der Waals surface area contributed by atoms with Crippen LogP contribution in [-0.2, 0) is 0 Å². The van der Waals surface area contributed by atoms with Crippen molar-refractivity contribution in [1.29, 1.82) is 0 Å². The summed E-state index contributed by atoms with van der Waals surface area (Å²) in [4.78, 5) is 16.7. The number of carbonyl (C=O) groups excluding carboxylic acids is 1. The van der Waals surface area contributed by atoms with Gasteiger partial charge in [-0.2, -0.15) is 9.49 Å². The summed E-state index contributed by atoms with van der Waals surface area (Å²) in [6.45, 7) is 4.21. The molecule has 3 N–H and O–H groups in total. The molecule has 0 unspecified atom stereocenters. The third-order valence-electron chi connectivity index (χ3n) is 4.65. The lowest BCUT2D eigenvalue weighted by Crippen LogP contribution is -2.15. The number of halogens is 1. The first kappa shape index (κ1) is 18.6. The van der Waals surface area contributed by atoms with E-state index >= 15 is 0 Å². The van der Waals surface area contributed by atoms with E-state index in [0.29, 0.717) is 17.3 Å². The van der Waals surface area contributed by atoms with Crippen LogP contribution in [0.25, 0.3) is 10.9 Å². The second-order valence-electron chi connectivity index (χ2n) is 7.06. The van der Waals surface area contributed by atoms with Crippen molar-refractivity contribution in [3.05, 3.63) is 77.9 Å². The minimum absolute atomic E-state index is 0.139. The van der Waals surface area contributed by atoms with Crippen molar-refractivity contribution in [2.24, 2.45) is 0 Å². The fourth-order valence-electron chi connectivity index (χ4n) is 3.02. The summed E-state index contributed by atoms with van der Waals surface area (Å²) in [7, 11) is 0. The van der Waals surface area contributed by atoms with Gasteiger partial charge in [0.05, 0.1) is 17.3 Å². The Morgan fingerprint density at radius 2 is 1.79 bits per heavy atom. The first-order chi connectivity index (χ1) is 14.0. The predicted molar refractivity (Wildman–Crippen MR) is 112 cm³/mol. The van der Waals surface area contributed by atoms with Crippen LogP contribution in [0.2, 0.25) is 0 Å². The molecule has 146 valence electrons. The maximum Gasteiger partial charge on any atom is 0.259 e. The molecule has 0 saturated carbocycles. The number of aromatic nitrogens is 3. The maximum atomic E-state index is 13.8. The fourth-order valence-corrected chi connectivity index (χ4v) is 3.02. The van der Waals surface area contributed by atoms with Crippen LogP contribution < -0.4 is 10.6 Å². The fraction of sp³-hybridized carbons (Fsp3) is 0.136. The van der Waals surface area contributed by atoms with Crippen LogP contribution in [0.3, 0.4) is 0 Å². The molecule has 0 bridgehead atoms. The Hall–Kier alpha value is -3.74. The Kier molecular flexibility index (Phi) is 4.95. The number of benzene rings is 2. The van der Waals surface area contributed by atoms with Crippen molar-refractivity contribution in [2.45, 2.75) is 19.8 Å². The first-order valence-corrected chi connectivity index (χ1v) is 9.27. The highest BCUT2D eigenvalue weighted by atomic mass is 19.1. The summed E-state index contributed by atoms with van der Waals surface area (Å²) in [6, 6.07) is 15.7. The largest absolute Gasteiger partial charge is 0.339 e. The van der Waals surface area contributed by atoms with Gasteiger partial charge in [0, 0.05) is 16.8 Å². The number of rotatable bonds is 5. The van der Waals surface area contributed by atoms with Crippen molar-refractivity contribution >= 4 is 34.0 Å². The zero-order valence-corrected chi connectivity index (χ0v) is 16.0. The molecule has 0 radical (unpaired) electrons. The molecule has 4 rings (SSSR count). The molecule has 0 saturated heterocycles. The lowest BCUT2D eigenvalue weighted by Gasteiger charge is -2.12. The second-order valence-corrected chi connectivity index (χ2v) is 7.06. The van der Waals surface area contributed by atoms with E-state index < -0.39 is 5.95 Å². The van der Waals surface area contributed by atoms with Gasteiger partial charge in [-0.3, -0.25) is 9.89 Å². The summed E-state index contributed by atoms with van der Waals surface area (Å²) in [5.41, 5.74) is 3.57. The first-order valence-electron chi connectivity index (χ1n) is 9.27. The monoisotopic (exact) mass is 389 g/mol. The van der Waals surface area contributed by atoms with Crippen LogP contribution in [0.15, 0.2) is 60.8 Å². The predicted octanol–water partition coefficient (Wildman–Crippen LogP) is 5.22. The van der Waals surface area contributed by atoms with Gasteiger partial charge < -0.3 is 10.6 Å². The van der Waals surface area contributed by atoms with Crippen LogP contribution in [-0.4, -0.2) is 21.1 Å². The quantitative estimate of drug-likeness (QED) is 0.409. The van der Waals surface area contributed by atoms with E-state index in [1.165, 1.54) is 17.7 Å². The summed E-state index contributed by atoms with van der Waals surface area (Å²) in [5.74, 6) is -0.503. The Labute approximate surface area is 167 Å². The van der Waals surface area contributed by atoms with Gasteiger partial charge in [-0.15, -0.1) is 0 Å². The van der Waals surface area contributed by atoms with Gasteiger partial charge in [0.2, 0.25) is 5.95 Å². The van der Waals surface area contributed by atoms with E-state index in [1.807, 2.05) is 42.5 Å². The van der Waals surface area contributed by atoms with Gasteiger partial charge in [-0.1, -0.05) is 26.0 Å². The number of hydrogen-bond donors (Lipinski definition) is 3. The van der Waals surface area contributed by atoms with Crippen molar-refractivity contribution in [1.82, 2.24) is 15.2 Å². The average Bonchev–Trinajstić information content (AvgIpc) is 3.16. The molecule has 7 heteroatoms. The molecule has 2 heterocycles. The SMILES string of the molecule is CC(C)c1ccc(NC(=O)c2ccc(F)nc2Nc2ccc3cn[nH]c3c2)cc1. The molecule has 4 aromatic rings. The van der Waals surface area contributed by atoms with Gasteiger partial charge in [0.15, 0.2) is 0 Å². The molecule has 0 aliphatic heterocycles. The maximum absolute atomic E-state index is 13.8. The minimum Gasteiger partial charge on any atom is -0.339 e. The number of pyridine rings is 1. The number of amides is 1. The van der Waals surface area contributed by atoms with E-state index in [9.17, 15) is 9.18 Å². The van der Waals surface area contributed by atoms with E-state index in [0.717, 1.165) is 10.9 Å². The molecule has 0 aliphatic carbocycles. The highest BCUT2D eigenvalue weighted by Gasteiger charge is 2.15. The molecular formula is C22H20FN5O. The van der Waals surface area contributed by atoms with Crippen LogP contribution in [0, 0.1) is 5.95 Å². The third-order valence-corrected chi connectivity index (χ3v) is 4.65. The molecular weight excluding hydrogens is 369 g/mol. The van der Waals surface area contributed by atoms with Gasteiger partial charge >= 0.3 is 0 Å². The number of fused-ring (bicyclic) bond motifs is 1. The van der Waals surface area contributed by atoms with Crippen LogP contribution in [0.1, 0.15) is 35.7 Å². The molecule has 0 atom stereocenters. The second kappa shape index (κ2) is 7.71. The number of nitrogens with zero attached hydrogens (tertiary/aromatic N) is 2. The Morgan fingerprint density at radius 3 is 2.55 bits per heavy atom. The van der Waals surface area contributed by atoms with Gasteiger partial charge in [0.1, 0.15) is 5.82 Å². The summed E-state index contributed by atoms with van der Waals surface area (Å²) in [6.07, 6.45) is 1.71. The van der Waals surface area contributed by atoms with Crippen LogP contribution >= 0.6 is 0 Å². The number of aromatic amines is 1. The van der Waals surface area contributed by atoms with Crippen molar-refractivity contribution in [3.8, 4) is 0 Å². The van der Waals surface area contributed by atoms with Crippen molar-refractivity contribution < 1.29 is 9.18 Å². The zero-order chi connectivity index (χ0) is 20.4. The summed E-state index contributed by atoms with van der Waals surface area (Å²) >= 11 is 0. The Morgan fingerprint density at radius 1 is 1.03 bits per heavy atom. The highest BCUT2D eigenvalue weighted by molar-refractivity contribution is 6.07. The van der Waals surface area contributed by atoms with E-state index in [-0.39, 0.29) is 17.3 Å². The van der Waals surface area contributed by atoms with Gasteiger partial charge in [0.25, 0.3) is 5.91 Å². The lowest BCUT2D eigenvalue weighted by atomic mass is 10.0. The molecule has 2 aromatic carbocycles. The number of nitrogens with one attached hydrogen (secondary N) is 3. The van der Waals surface area contributed by atoms with Crippen LogP contribution in [0.5, 0.6) is 0 Å². The Bertz CT molecular complexity index is 1170. The van der Waals surface area contributed by atoms with Crippen molar-refractivity contribution in [3.63, 3.8) is 0 Å². The third kappa shape index (κ3) is 4.08. The topological polar surface area (TPSA) is 82.7 Å². The number of H-pyrrole nitrogens is 1. The highest BCUT2D eigenvalue weighted by Crippen LogP contribution is 2.24. The molecule has 29 heavy (non-hydrogen) atoms.